The van der Waals surface area contributed by atoms with E-state index in [1.807, 2.05) is 26.0 Å². The quantitative estimate of drug-likeness (QED) is 0.801. The Morgan fingerprint density at radius 3 is 2.24 bits per heavy atom. The Hall–Kier alpha value is -2.50. The van der Waals surface area contributed by atoms with Crippen molar-refractivity contribution in [2.75, 3.05) is 13.7 Å². The topological polar surface area (TPSA) is 29.5 Å². The lowest BCUT2D eigenvalue weighted by atomic mass is 10.1. The third-order valence-electron chi connectivity index (χ3n) is 3.97. The molecule has 1 amide bonds. The smallest absolute Gasteiger partial charge is 0.416 e. The second kappa shape index (κ2) is 7.59. The van der Waals surface area contributed by atoms with Gasteiger partial charge in [-0.3, -0.25) is 4.79 Å². The van der Waals surface area contributed by atoms with Crippen LogP contribution in [0.2, 0.25) is 0 Å². The highest BCUT2D eigenvalue weighted by Gasteiger charge is 2.29. The SMILES string of the molecule is Cc1ccc(OCC(=O)N(C)Cc2ccc(C(F)(F)F)cc2)cc1C. The zero-order valence-corrected chi connectivity index (χ0v) is 14.4. The summed E-state index contributed by atoms with van der Waals surface area (Å²) >= 11 is 0. The highest BCUT2D eigenvalue weighted by atomic mass is 19.4. The summed E-state index contributed by atoms with van der Waals surface area (Å²) in [6, 6.07) is 10.3. The average Bonchev–Trinajstić information content (AvgIpc) is 2.55. The van der Waals surface area contributed by atoms with Crippen LogP contribution in [0.1, 0.15) is 22.3 Å². The third-order valence-corrected chi connectivity index (χ3v) is 3.97. The average molecular weight is 351 g/mol. The molecule has 3 nitrogen and oxygen atoms in total. The monoisotopic (exact) mass is 351 g/mol. The molecule has 0 aliphatic heterocycles. The van der Waals surface area contributed by atoms with Crippen LogP contribution in [0.3, 0.4) is 0 Å². The van der Waals surface area contributed by atoms with Crippen molar-refractivity contribution >= 4 is 5.91 Å². The van der Waals surface area contributed by atoms with Crippen LogP contribution < -0.4 is 4.74 Å². The molecule has 0 aliphatic carbocycles. The molecule has 0 aliphatic rings. The van der Waals surface area contributed by atoms with Crippen LogP contribution in [0, 0.1) is 13.8 Å². The van der Waals surface area contributed by atoms with Crippen molar-refractivity contribution in [2.24, 2.45) is 0 Å². The summed E-state index contributed by atoms with van der Waals surface area (Å²) in [7, 11) is 1.59. The molecule has 0 bridgehead atoms. The molecule has 2 aromatic carbocycles. The van der Waals surface area contributed by atoms with Crippen molar-refractivity contribution in [3.63, 3.8) is 0 Å². The van der Waals surface area contributed by atoms with E-state index in [4.69, 9.17) is 4.74 Å². The second-order valence-electron chi connectivity index (χ2n) is 5.98. The summed E-state index contributed by atoms with van der Waals surface area (Å²) in [6.45, 7) is 4.04. The van der Waals surface area contributed by atoms with E-state index in [1.54, 1.807) is 13.1 Å². The van der Waals surface area contributed by atoms with Crippen molar-refractivity contribution in [2.45, 2.75) is 26.6 Å². The number of alkyl halides is 3. The summed E-state index contributed by atoms with van der Waals surface area (Å²) in [5.41, 5.74) is 2.12. The molecule has 0 fully saturated rings. The van der Waals surface area contributed by atoms with E-state index in [0.29, 0.717) is 11.3 Å². The molecular weight excluding hydrogens is 331 g/mol. The second-order valence-corrected chi connectivity index (χ2v) is 5.98. The van der Waals surface area contributed by atoms with Gasteiger partial charge in [0, 0.05) is 13.6 Å². The fourth-order valence-corrected chi connectivity index (χ4v) is 2.22. The number of likely N-dealkylation sites (N-methyl/N-ethyl adjacent to an activating group) is 1. The first-order valence-corrected chi connectivity index (χ1v) is 7.77. The zero-order chi connectivity index (χ0) is 18.6. The number of benzene rings is 2. The molecule has 2 rings (SSSR count). The molecule has 2 aromatic rings. The zero-order valence-electron chi connectivity index (χ0n) is 14.4. The van der Waals surface area contributed by atoms with E-state index < -0.39 is 11.7 Å². The van der Waals surface area contributed by atoms with Gasteiger partial charge in [-0.2, -0.15) is 13.2 Å². The third kappa shape index (κ3) is 5.24. The van der Waals surface area contributed by atoms with Crippen molar-refractivity contribution in [1.82, 2.24) is 4.90 Å². The van der Waals surface area contributed by atoms with Crippen molar-refractivity contribution in [3.8, 4) is 5.75 Å². The van der Waals surface area contributed by atoms with Crippen LogP contribution in [-0.2, 0) is 17.5 Å². The number of hydrogen-bond donors (Lipinski definition) is 0. The number of ether oxygens (including phenoxy) is 1. The Balaban J connectivity index is 1.90. The molecule has 134 valence electrons. The largest absolute Gasteiger partial charge is 0.484 e. The van der Waals surface area contributed by atoms with Crippen molar-refractivity contribution in [3.05, 3.63) is 64.7 Å². The minimum absolute atomic E-state index is 0.125. The first kappa shape index (κ1) is 18.8. The maximum absolute atomic E-state index is 12.5. The summed E-state index contributed by atoms with van der Waals surface area (Å²) in [5, 5.41) is 0. The molecule has 0 saturated carbocycles. The number of halogens is 3. The van der Waals surface area contributed by atoms with E-state index in [2.05, 4.69) is 0 Å². The number of aryl methyl sites for hydroxylation is 2. The van der Waals surface area contributed by atoms with E-state index in [-0.39, 0.29) is 19.1 Å². The lowest BCUT2D eigenvalue weighted by molar-refractivity contribution is -0.137. The van der Waals surface area contributed by atoms with Crippen LogP contribution in [-0.4, -0.2) is 24.5 Å². The summed E-state index contributed by atoms with van der Waals surface area (Å²) in [6.07, 6.45) is -4.36. The van der Waals surface area contributed by atoms with Crippen LogP contribution in [0.4, 0.5) is 13.2 Å². The van der Waals surface area contributed by atoms with Crippen LogP contribution in [0.5, 0.6) is 5.75 Å². The molecule has 0 radical (unpaired) electrons. The minimum atomic E-state index is -4.36. The van der Waals surface area contributed by atoms with Gasteiger partial charge in [0.1, 0.15) is 5.75 Å². The lowest BCUT2D eigenvalue weighted by Gasteiger charge is -2.18. The Morgan fingerprint density at radius 1 is 1.04 bits per heavy atom. The van der Waals surface area contributed by atoms with Crippen LogP contribution in [0.25, 0.3) is 0 Å². The minimum Gasteiger partial charge on any atom is -0.484 e. The lowest BCUT2D eigenvalue weighted by Crippen LogP contribution is -2.31. The maximum Gasteiger partial charge on any atom is 0.416 e. The van der Waals surface area contributed by atoms with E-state index >= 15 is 0 Å². The summed E-state index contributed by atoms with van der Waals surface area (Å²) < 4.78 is 43.1. The van der Waals surface area contributed by atoms with Gasteiger partial charge in [0.05, 0.1) is 5.56 Å². The van der Waals surface area contributed by atoms with Gasteiger partial charge in [-0.15, -0.1) is 0 Å². The molecule has 0 heterocycles. The Kier molecular flexibility index (Phi) is 5.72. The van der Waals surface area contributed by atoms with Gasteiger partial charge in [0.2, 0.25) is 0 Å². The molecular formula is C19H20F3NO2. The number of rotatable bonds is 5. The molecule has 0 aromatic heterocycles. The molecule has 0 atom stereocenters. The summed E-state index contributed by atoms with van der Waals surface area (Å²) in [5.74, 6) is 0.359. The van der Waals surface area contributed by atoms with Crippen LogP contribution >= 0.6 is 0 Å². The van der Waals surface area contributed by atoms with Crippen molar-refractivity contribution in [1.29, 1.82) is 0 Å². The van der Waals surface area contributed by atoms with Gasteiger partial charge in [-0.25, -0.2) is 0 Å². The number of amides is 1. The molecule has 6 heteroatoms. The number of nitrogens with zero attached hydrogens (tertiary/aromatic N) is 1. The van der Waals surface area contributed by atoms with Gasteiger partial charge in [0.25, 0.3) is 5.91 Å². The number of carbonyl (C=O) groups excluding carboxylic acids is 1. The predicted octanol–water partition coefficient (Wildman–Crippen LogP) is 4.36. The predicted molar refractivity (Wildman–Crippen MR) is 89.3 cm³/mol. The van der Waals surface area contributed by atoms with Gasteiger partial charge in [-0.05, 0) is 54.8 Å². The van der Waals surface area contributed by atoms with Gasteiger partial charge >= 0.3 is 6.18 Å². The summed E-state index contributed by atoms with van der Waals surface area (Å²) in [4.78, 5) is 13.5. The molecule has 0 saturated heterocycles. The number of carbonyl (C=O) groups is 1. The van der Waals surface area contributed by atoms with E-state index in [0.717, 1.165) is 23.3 Å². The van der Waals surface area contributed by atoms with Crippen LogP contribution in [0.15, 0.2) is 42.5 Å². The number of hydrogen-bond acceptors (Lipinski definition) is 2. The molecule has 0 unspecified atom stereocenters. The van der Waals surface area contributed by atoms with E-state index in [1.165, 1.54) is 17.0 Å². The van der Waals surface area contributed by atoms with Gasteiger partial charge in [-0.1, -0.05) is 18.2 Å². The van der Waals surface area contributed by atoms with Gasteiger partial charge in [0.15, 0.2) is 6.61 Å². The fraction of sp³-hybridized carbons (Fsp3) is 0.316. The highest BCUT2D eigenvalue weighted by molar-refractivity contribution is 5.77. The standard InChI is InChI=1S/C19H20F3NO2/c1-13-4-9-17(10-14(13)2)25-12-18(24)23(3)11-15-5-7-16(8-6-15)19(20,21)22/h4-10H,11-12H2,1-3H3. The van der Waals surface area contributed by atoms with Crippen molar-refractivity contribution < 1.29 is 22.7 Å². The fourth-order valence-electron chi connectivity index (χ4n) is 2.22. The normalized spacial score (nSPS) is 11.3. The first-order valence-electron chi connectivity index (χ1n) is 7.77. The Bertz CT molecular complexity index is 739. The Labute approximate surface area is 145 Å². The van der Waals surface area contributed by atoms with Gasteiger partial charge < -0.3 is 9.64 Å². The highest BCUT2D eigenvalue weighted by Crippen LogP contribution is 2.29. The first-order chi connectivity index (χ1) is 11.7. The molecule has 0 N–H and O–H groups in total. The van der Waals surface area contributed by atoms with E-state index in [9.17, 15) is 18.0 Å². The Morgan fingerprint density at radius 2 is 1.68 bits per heavy atom. The molecule has 0 spiro atoms. The maximum atomic E-state index is 12.5. The molecule has 25 heavy (non-hydrogen) atoms.